The van der Waals surface area contributed by atoms with E-state index in [1.165, 1.54) is 23.4 Å². The Morgan fingerprint density at radius 1 is 1.47 bits per heavy atom. The van der Waals surface area contributed by atoms with Gasteiger partial charge in [0, 0.05) is 36.8 Å². The number of likely N-dealkylation sites (N-methyl/N-ethyl adjacent to an activating group) is 1. The minimum Gasteiger partial charge on any atom is -0.310 e. The number of rotatable bonds is 6. The fourth-order valence-electron chi connectivity index (χ4n) is 2.48. The molecule has 1 saturated carbocycles. The van der Waals surface area contributed by atoms with Crippen LogP contribution in [0.15, 0.2) is 6.20 Å². The van der Waals surface area contributed by atoms with Gasteiger partial charge in [-0.05, 0) is 33.7 Å². The fourth-order valence-corrected chi connectivity index (χ4v) is 3.37. The lowest BCUT2D eigenvalue weighted by molar-refractivity contribution is 0.321. The van der Waals surface area contributed by atoms with Crippen LogP contribution < -0.4 is 5.32 Å². The average molecular weight is 278 g/mol. The smallest absolute Gasteiger partial charge is 0.194 e. The van der Waals surface area contributed by atoms with Crippen LogP contribution in [0.3, 0.4) is 0 Å². The maximum absolute atomic E-state index is 4.62. The first-order valence-corrected chi connectivity index (χ1v) is 7.81. The van der Waals surface area contributed by atoms with Gasteiger partial charge in [-0.15, -0.1) is 11.3 Å². The van der Waals surface area contributed by atoms with Gasteiger partial charge in [0.1, 0.15) is 0 Å². The molecule has 2 heterocycles. The van der Waals surface area contributed by atoms with Crippen LogP contribution in [-0.2, 0) is 6.54 Å². The van der Waals surface area contributed by atoms with Gasteiger partial charge in [0.15, 0.2) is 4.96 Å². The Bertz CT molecular complexity index is 567. The highest BCUT2D eigenvalue weighted by Gasteiger charge is 2.25. The molecule has 0 unspecified atom stereocenters. The molecule has 1 aliphatic rings. The number of nitrogens with zero attached hydrogens (tertiary/aromatic N) is 3. The van der Waals surface area contributed by atoms with Crippen LogP contribution in [-0.4, -0.2) is 40.5 Å². The summed E-state index contributed by atoms with van der Waals surface area (Å²) in [4.78, 5) is 9.51. The summed E-state index contributed by atoms with van der Waals surface area (Å²) in [6.45, 7) is 7.32. The Hall–Kier alpha value is -0.910. The molecular weight excluding hydrogens is 256 g/mol. The summed E-state index contributed by atoms with van der Waals surface area (Å²) in [5, 5.41) is 3.55. The zero-order chi connectivity index (χ0) is 13.4. The molecule has 0 radical (unpaired) electrons. The van der Waals surface area contributed by atoms with Crippen LogP contribution in [0.25, 0.3) is 4.96 Å². The molecule has 0 aromatic carbocycles. The van der Waals surface area contributed by atoms with Crippen molar-refractivity contribution in [3.63, 3.8) is 0 Å². The normalized spacial score (nSPS) is 15.8. The summed E-state index contributed by atoms with van der Waals surface area (Å²) in [6.07, 6.45) is 4.95. The summed E-state index contributed by atoms with van der Waals surface area (Å²) in [6, 6.07) is 0.852. The van der Waals surface area contributed by atoms with Crippen molar-refractivity contribution >= 4 is 16.3 Å². The number of fused-ring (bicyclic) bond motifs is 1. The van der Waals surface area contributed by atoms with E-state index in [4.69, 9.17) is 0 Å². The topological polar surface area (TPSA) is 32.6 Å². The molecule has 1 fully saturated rings. The highest BCUT2D eigenvalue weighted by molar-refractivity contribution is 7.17. The van der Waals surface area contributed by atoms with Gasteiger partial charge in [0.2, 0.25) is 0 Å². The predicted molar refractivity (Wildman–Crippen MR) is 79.9 cm³/mol. The van der Waals surface area contributed by atoms with E-state index in [2.05, 4.69) is 46.7 Å². The minimum absolute atomic E-state index is 0.852. The van der Waals surface area contributed by atoms with Crippen molar-refractivity contribution in [3.05, 3.63) is 22.5 Å². The van der Waals surface area contributed by atoms with E-state index in [0.717, 1.165) is 36.3 Å². The van der Waals surface area contributed by atoms with Crippen molar-refractivity contribution in [2.75, 3.05) is 20.1 Å². The molecule has 19 heavy (non-hydrogen) atoms. The standard InChI is InChI=1S/C14H22N4S/c1-10-9-18-13(11(2)16-14(18)19-10)8-15-6-7-17(3)12-4-5-12/h9,12,15H,4-8H2,1-3H3. The Morgan fingerprint density at radius 3 is 3.00 bits per heavy atom. The van der Waals surface area contributed by atoms with Gasteiger partial charge in [-0.25, -0.2) is 4.98 Å². The maximum atomic E-state index is 4.62. The number of thiazole rings is 1. The van der Waals surface area contributed by atoms with E-state index >= 15 is 0 Å². The fraction of sp³-hybridized carbons (Fsp3) is 0.643. The molecule has 5 heteroatoms. The van der Waals surface area contributed by atoms with Crippen LogP contribution in [0.1, 0.15) is 29.1 Å². The lowest BCUT2D eigenvalue weighted by Crippen LogP contribution is -2.30. The molecule has 2 aromatic rings. The van der Waals surface area contributed by atoms with Gasteiger partial charge in [-0.1, -0.05) is 0 Å². The summed E-state index contributed by atoms with van der Waals surface area (Å²) < 4.78 is 2.23. The third kappa shape index (κ3) is 2.83. The first-order valence-electron chi connectivity index (χ1n) is 7.00. The highest BCUT2D eigenvalue weighted by Crippen LogP contribution is 2.24. The van der Waals surface area contributed by atoms with Crippen molar-refractivity contribution in [1.29, 1.82) is 0 Å². The molecule has 0 amide bonds. The van der Waals surface area contributed by atoms with E-state index in [9.17, 15) is 0 Å². The predicted octanol–water partition coefficient (Wildman–Crippen LogP) is 2.20. The third-order valence-electron chi connectivity index (χ3n) is 3.84. The van der Waals surface area contributed by atoms with E-state index in [1.807, 2.05) is 0 Å². The van der Waals surface area contributed by atoms with Crippen LogP contribution in [0.2, 0.25) is 0 Å². The van der Waals surface area contributed by atoms with Crippen LogP contribution in [0.5, 0.6) is 0 Å². The molecule has 0 bridgehead atoms. The molecule has 0 spiro atoms. The van der Waals surface area contributed by atoms with Gasteiger partial charge >= 0.3 is 0 Å². The molecule has 3 rings (SSSR count). The van der Waals surface area contributed by atoms with Crippen molar-refractivity contribution in [2.45, 2.75) is 39.3 Å². The zero-order valence-electron chi connectivity index (χ0n) is 11.9. The van der Waals surface area contributed by atoms with E-state index in [0.29, 0.717) is 0 Å². The minimum atomic E-state index is 0.852. The second-order valence-corrected chi connectivity index (χ2v) is 6.74. The Labute approximate surface area is 118 Å². The van der Waals surface area contributed by atoms with Crippen molar-refractivity contribution < 1.29 is 0 Å². The SMILES string of the molecule is Cc1cn2c(CNCCN(C)C3CC3)c(C)nc2s1. The summed E-state index contributed by atoms with van der Waals surface area (Å²) in [7, 11) is 2.23. The number of hydrogen-bond donors (Lipinski definition) is 1. The number of imidazole rings is 1. The van der Waals surface area contributed by atoms with E-state index in [-0.39, 0.29) is 0 Å². The summed E-state index contributed by atoms with van der Waals surface area (Å²) >= 11 is 1.76. The van der Waals surface area contributed by atoms with E-state index < -0.39 is 0 Å². The Balaban J connectivity index is 1.56. The molecule has 1 N–H and O–H groups in total. The number of aromatic nitrogens is 2. The highest BCUT2D eigenvalue weighted by atomic mass is 32.1. The van der Waals surface area contributed by atoms with Gasteiger partial charge in [-0.3, -0.25) is 4.40 Å². The van der Waals surface area contributed by atoms with Gasteiger partial charge < -0.3 is 10.2 Å². The Kier molecular flexibility index (Phi) is 3.60. The van der Waals surface area contributed by atoms with Crippen molar-refractivity contribution in [2.24, 2.45) is 0 Å². The second kappa shape index (κ2) is 5.23. The van der Waals surface area contributed by atoms with Gasteiger partial charge in [-0.2, -0.15) is 0 Å². The molecule has 0 aliphatic heterocycles. The average Bonchev–Trinajstić information content (AvgIpc) is 3.09. The van der Waals surface area contributed by atoms with Crippen LogP contribution in [0, 0.1) is 13.8 Å². The summed E-state index contributed by atoms with van der Waals surface area (Å²) in [5.41, 5.74) is 2.45. The largest absolute Gasteiger partial charge is 0.310 e. The first-order chi connectivity index (χ1) is 9.15. The molecule has 2 aromatic heterocycles. The van der Waals surface area contributed by atoms with Gasteiger partial charge in [0.25, 0.3) is 0 Å². The number of hydrogen-bond acceptors (Lipinski definition) is 4. The summed E-state index contributed by atoms with van der Waals surface area (Å²) in [5.74, 6) is 0. The molecule has 0 saturated heterocycles. The van der Waals surface area contributed by atoms with Gasteiger partial charge in [0.05, 0.1) is 11.4 Å². The van der Waals surface area contributed by atoms with Crippen LogP contribution in [0.4, 0.5) is 0 Å². The van der Waals surface area contributed by atoms with Crippen molar-refractivity contribution in [1.82, 2.24) is 19.6 Å². The zero-order valence-corrected chi connectivity index (χ0v) is 12.8. The Morgan fingerprint density at radius 2 is 2.26 bits per heavy atom. The molecular formula is C14H22N4S. The number of aryl methyl sites for hydroxylation is 2. The number of nitrogens with one attached hydrogen (secondary N) is 1. The quantitative estimate of drug-likeness (QED) is 0.822. The van der Waals surface area contributed by atoms with E-state index in [1.54, 1.807) is 11.3 Å². The second-order valence-electron chi connectivity index (χ2n) is 5.53. The molecule has 4 nitrogen and oxygen atoms in total. The van der Waals surface area contributed by atoms with Crippen molar-refractivity contribution in [3.8, 4) is 0 Å². The first kappa shape index (κ1) is 13.1. The maximum Gasteiger partial charge on any atom is 0.194 e. The lowest BCUT2D eigenvalue weighted by atomic mass is 10.3. The van der Waals surface area contributed by atoms with Crippen LogP contribution >= 0.6 is 11.3 Å². The molecule has 0 atom stereocenters. The monoisotopic (exact) mass is 278 g/mol. The lowest BCUT2D eigenvalue weighted by Gasteiger charge is -2.15. The molecule has 1 aliphatic carbocycles. The third-order valence-corrected chi connectivity index (χ3v) is 4.74. The molecule has 104 valence electrons.